The van der Waals surface area contributed by atoms with Crippen molar-refractivity contribution in [3.8, 4) is 22.8 Å². The smallest absolute Gasteiger partial charge is 0.261 e. The van der Waals surface area contributed by atoms with Crippen molar-refractivity contribution >= 4 is 24.1 Å². The average Bonchev–Trinajstić information content (AvgIpc) is 3.96. The van der Waals surface area contributed by atoms with Crippen molar-refractivity contribution in [1.82, 2.24) is 14.8 Å². The van der Waals surface area contributed by atoms with Gasteiger partial charge in [-0.3, -0.25) is 4.98 Å². The molecule has 224 valence electrons. The number of fused-ring (bicyclic) bond motifs is 1. The van der Waals surface area contributed by atoms with Gasteiger partial charge in [0.15, 0.2) is 29.6 Å². The number of ether oxygens (including phenoxy) is 1. The number of hydroxylamine groups is 1. The van der Waals surface area contributed by atoms with Gasteiger partial charge in [-0.15, -0.1) is 0 Å². The third-order valence-electron chi connectivity index (χ3n) is 8.61. The van der Waals surface area contributed by atoms with Gasteiger partial charge in [0, 0.05) is 41.7 Å². The molecular weight excluding hydrogens is 591 g/mol. The normalized spacial score (nSPS) is 16.9. The Morgan fingerprint density at radius 3 is 2.57 bits per heavy atom. The lowest BCUT2D eigenvalue weighted by atomic mass is 9.89. The minimum absolute atomic E-state index is 0.0213. The number of hydrogen-bond acceptors (Lipinski definition) is 5. The summed E-state index contributed by atoms with van der Waals surface area (Å²) < 4.78 is 52.7. The van der Waals surface area contributed by atoms with Gasteiger partial charge in [-0.25, -0.2) is 8.78 Å². The van der Waals surface area contributed by atoms with Crippen LogP contribution in [-0.2, 0) is 10.2 Å². The number of carbonyl (C=O) groups is 1. The number of pyridine rings is 1. The average molecular weight is 619 g/mol. The van der Waals surface area contributed by atoms with Crippen molar-refractivity contribution in [3.05, 3.63) is 111 Å². The Bertz CT molecular complexity index is 1910. The van der Waals surface area contributed by atoms with E-state index in [4.69, 9.17) is 26.2 Å². The molecule has 7 rings (SSSR count). The van der Waals surface area contributed by atoms with E-state index >= 15 is 8.87 Å². The van der Waals surface area contributed by atoms with E-state index in [0.717, 1.165) is 41.3 Å². The topological polar surface area (TPSA) is 54.7 Å². The minimum atomic E-state index is -0.961. The molecule has 4 aromatic rings. The first-order chi connectivity index (χ1) is 21.3. The Hall–Kier alpha value is -4.21. The second kappa shape index (κ2) is 11.1. The van der Waals surface area contributed by atoms with Gasteiger partial charge in [0.05, 0.1) is 30.5 Å². The molecular formula is C34H28ClF3N3O3+. The highest BCUT2D eigenvalue weighted by Crippen LogP contribution is 2.48. The Balaban J connectivity index is 1.26. The summed E-state index contributed by atoms with van der Waals surface area (Å²) in [6, 6.07) is 18.8. The predicted octanol–water partition coefficient (Wildman–Crippen LogP) is 5.64. The number of benzene rings is 3. The summed E-state index contributed by atoms with van der Waals surface area (Å²) in [6.07, 6.45) is 6.39. The van der Waals surface area contributed by atoms with Crippen LogP contribution in [0.1, 0.15) is 48.4 Å². The molecule has 3 aromatic carbocycles. The van der Waals surface area contributed by atoms with Crippen LogP contribution in [0.25, 0.3) is 17.5 Å². The molecule has 2 aliphatic carbocycles. The van der Waals surface area contributed by atoms with Crippen LogP contribution < -0.4 is 24.7 Å². The number of aromatic nitrogens is 1. The zero-order chi connectivity index (χ0) is 30.6. The molecule has 0 bridgehead atoms. The Morgan fingerprint density at radius 1 is 1.11 bits per heavy atom. The molecule has 0 amide bonds. The van der Waals surface area contributed by atoms with Crippen molar-refractivity contribution < 1.29 is 27.6 Å². The number of halogens is 4. The fourth-order valence-corrected chi connectivity index (χ4v) is 5.98. The summed E-state index contributed by atoms with van der Waals surface area (Å²) in [6.45, 7) is -0.280. The van der Waals surface area contributed by atoms with E-state index in [0.29, 0.717) is 35.9 Å². The van der Waals surface area contributed by atoms with Gasteiger partial charge in [-0.2, -0.15) is 4.58 Å². The zero-order valence-electron chi connectivity index (χ0n) is 23.8. The second-order valence-electron chi connectivity index (χ2n) is 11.5. The highest BCUT2D eigenvalue weighted by atomic mass is 35.5. The van der Waals surface area contributed by atoms with Crippen LogP contribution in [0.5, 0.6) is 11.5 Å². The minimum Gasteiger partial charge on any atom is -0.490 e. The first-order valence-electron chi connectivity index (χ1n) is 14.4. The fourth-order valence-electron chi connectivity index (χ4n) is 5.81. The van der Waals surface area contributed by atoms with E-state index in [1.165, 1.54) is 6.07 Å². The number of hydrogen-bond donors (Lipinski definition) is 0. The molecule has 2 fully saturated rings. The molecule has 0 radical (unpaired) electrons. The van der Waals surface area contributed by atoms with Gasteiger partial charge in [0.2, 0.25) is 0 Å². The quantitative estimate of drug-likeness (QED) is 0.0717. The molecule has 1 aromatic heterocycles. The first kappa shape index (κ1) is 28.6. The van der Waals surface area contributed by atoms with Crippen LogP contribution in [0.2, 0.25) is 5.02 Å². The third kappa shape index (κ3) is 5.14. The SMILES string of the molecule is COc1cc(ON(F)CC(c2ccccc2)c2cc(C3(C=O)CC3)cc(-c3ccc(F)c(Cl)c3F)n2)cc2c1=[N+](C1CC1)C=2. The molecule has 6 nitrogen and oxygen atoms in total. The second-order valence-corrected chi connectivity index (χ2v) is 11.9. The molecule has 1 unspecified atom stereocenters. The molecule has 3 aliphatic rings. The highest BCUT2D eigenvalue weighted by molar-refractivity contribution is 6.31. The lowest BCUT2D eigenvalue weighted by molar-refractivity contribution is -0.210. The molecule has 0 spiro atoms. The molecule has 2 heterocycles. The highest BCUT2D eigenvalue weighted by Gasteiger charge is 2.45. The maximum Gasteiger partial charge on any atom is 0.261 e. The summed E-state index contributed by atoms with van der Waals surface area (Å²) in [7, 11) is 1.57. The van der Waals surface area contributed by atoms with Crippen molar-refractivity contribution in [1.29, 1.82) is 0 Å². The number of aldehydes is 1. The van der Waals surface area contributed by atoms with Gasteiger partial charge in [-0.05, 0) is 48.2 Å². The van der Waals surface area contributed by atoms with Crippen LogP contribution in [0.3, 0.4) is 0 Å². The lowest BCUT2D eigenvalue weighted by Gasteiger charge is -2.23. The summed E-state index contributed by atoms with van der Waals surface area (Å²) in [5.74, 6) is -1.68. The maximum absolute atomic E-state index is 15.8. The van der Waals surface area contributed by atoms with Gasteiger partial charge in [0.25, 0.3) is 5.36 Å². The Labute approximate surface area is 256 Å². The van der Waals surface area contributed by atoms with Gasteiger partial charge in [-0.1, -0.05) is 46.4 Å². The summed E-state index contributed by atoms with van der Waals surface area (Å²) >= 11 is 5.90. The molecule has 10 heteroatoms. The number of rotatable bonds is 11. The van der Waals surface area contributed by atoms with E-state index < -0.39 is 28.0 Å². The molecule has 1 aliphatic heterocycles. The first-order valence-corrected chi connectivity index (χ1v) is 14.8. The van der Waals surface area contributed by atoms with Crippen molar-refractivity contribution in [3.63, 3.8) is 0 Å². The number of methoxy groups -OCH3 is 1. The zero-order valence-corrected chi connectivity index (χ0v) is 24.5. The van der Waals surface area contributed by atoms with Gasteiger partial charge in [0.1, 0.15) is 22.3 Å². The van der Waals surface area contributed by atoms with E-state index in [9.17, 15) is 9.18 Å². The summed E-state index contributed by atoms with van der Waals surface area (Å²) in [5, 5.41) is 1.47. The molecule has 0 N–H and O–H groups in total. The Morgan fingerprint density at radius 2 is 1.89 bits per heavy atom. The molecule has 1 atom stereocenters. The largest absolute Gasteiger partial charge is 0.490 e. The fraction of sp³-hybridized carbons (Fsp3) is 0.265. The van der Waals surface area contributed by atoms with Gasteiger partial charge < -0.3 is 14.4 Å². The summed E-state index contributed by atoms with van der Waals surface area (Å²) in [5.41, 5.74) is 1.15. The van der Waals surface area contributed by atoms with Crippen LogP contribution in [-0.4, -0.2) is 36.3 Å². The van der Waals surface area contributed by atoms with E-state index in [2.05, 4.69) is 4.58 Å². The maximum atomic E-state index is 15.8. The molecule has 44 heavy (non-hydrogen) atoms. The predicted molar refractivity (Wildman–Crippen MR) is 159 cm³/mol. The molecule has 0 saturated heterocycles. The van der Waals surface area contributed by atoms with E-state index in [1.807, 2.05) is 36.5 Å². The Kier molecular flexibility index (Phi) is 7.17. The van der Waals surface area contributed by atoms with Crippen LogP contribution >= 0.6 is 11.6 Å². The van der Waals surface area contributed by atoms with Crippen LogP contribution in [0.15, 0.2) is 66.7 Å². The summed E-state index contributed by atoms with van der Waals surface area (Å²) in [4.78, 5) is 22.5. The standard InChI is InChI=1S/C34H28ClF3N3O3/c1-43-30-16-24(13-21-17-40(33(21)30)23-7-8-23)44-41(38)18-26(20-5-3-2-4-6-20)29-15-22(34(19-42)11-12-34)14-28(39-29)25-9-10-27(36)31(35)32(25)37/h2-6,9-10,13-17,19,23,26H,7-8,11-12,18H2,1H3/q+1. The molecule has 2 saturated carbocycles. The number of nitrogens with zero attached hydrogens (tertiary/aromatic N) is 3. The van der Waals surface area contributed by atoms with Gasteiger partial charge >= 0.3 is 0 Å². The van der Waals surface area contributed by atoms with E-state index in [1.54, 1.807) is 31.4 Å². The van der Waals surface area contributed by atoms with Crippen LogP contribution in [0.4, 0.5) is 13.3 Å². The number of carbonyl (C=O) groups excluding carboxylic acids is 1. The van der Waals surface area contributed by atoms with Crippen LogP contribution in [0, 0.1) is 11.6 Å². The lowest BCUT2D eigenvalue weighted by Crippen LogP contribution is -2.48. The van der Waals surface area contributed by atoms with Crippen molar-refractivity contribution in [2.45, 2.75) is 43.1 Å². The third-order valence-corrected chi connectivity index (χ3v) is 8.96. The monoisotopic (exact) mass is 618 g/mol. The van der Waals surface area contributed by atoms with Crippen molar-refractivity contribution in [2.24, 2.45) is 0 Å². The van der Waals surface area contributed by atoms with E-state index in [-0.39, 0.29) is 28.8 Å². The van der Waals surface area contributed by atoms with Crippen molar-refractivity contribution in [2.75, 3.05) is 13.7 Å².